The Morgan fingerprint density at radius 2 is 2.42 bits per heavy atom. The maximum atomic E-state index is 12.5. The van der Waals surface area contributed by atoms with Gasteiger partial charge in [-0.25, -0.2) is 14.2 Å². The van der Waals surface area contributed by atoms with Crippen molar-refractivity contribution in [3.05, 3.63) is 23.6 Å². The molecule has 0 spiro atoms. The zero-order valence-corrected chi connectivity index (χ0v) is 6.24. The number of hydrogen-bond donors (Lipinski definition) is 1. The van der Waals surface area contributed by atoms with Gasteiger partial charge in [-0.2, -0.15) is 0 Å². The van der Waals surface area contributed by atoms with Crippen molar-refractivity contribution in [1.29, 1.82) is 0 Å². The molecule has 4 nitrogen and oxygen atoms in total. The Balaban J connectivity index is 3.13. The van der Waals surface area contributed by atoms with Crippen LogP contribution in [0.5, 0.6) is 5.88 Å². The van der Waals surface area contributed by atoms with E-state index in [0.717, 1.165) is 19.4 Å². The molecule has 0 atom stereocenters. The normalized spacial score (nSPS) is 9.50. The second-order valence-electron chi connectivity index (χ2n) is 2.02. The zero-order valence-electron chi connectivity index (χ0n) is 6.24. The van der Waals surface area contributed by atoms with Crippen LogP contribution < -0.4 is 0 Å². The second kappa shape index (κ2) is 3.17. The molecule has 0 bridgehead atoms. The predicted octanol–water partition coefficient (Wildman–Crippen LogP) is 0.713. The first-order valence-electron chi connectivity index (χ1n) is 3.08. The Kier molecular flexibility index (Phi) is 2.23. The molecule has 5 heteroatoms. The van der Waals surface area contributed by atoms with Crippen LogP contribution in [-0.2, 0) is 4.74 Å². The van der Waals surface area contributed by atoms with Crippen LogP contribution >= 0.6 is 0 Å². The van der Waals surface area contributed by atoms with E-state index in [1.54, 1.807) is 0 Å². The second-order valence-corrected chi connectivity index (χ2v) is 2.02. The summed E-state index contributed by atoms with van der Waals surface area (Å²) in [6.07, 6.45) is 0.807. The fourth-order valence-corrected chi connectivity index (χ4v) is 0.692. The number of hydrogen-bond acceptors (Lipinski definition) is 4. The number of esters is 1. The summed E-state index contributed by atoms with van der Waals surface area (Å²) in [5, 5.41) is 8.96. The van der Waals surface area contributed by atoms with Crippen molar-refractivity contribution < 1.29 is 19.0 Å². The van der Waals surface area contributed by atoms with Crippen LogP contribution in [0.2, 0.25) is 0 Å². The first kappa shape index (κ1) is 8.45. The van der Waals surface area contributed by atoms with Gasteiger partial charge in [-0.15, -0.1) is 0 Å². The van der Waals surface area contributed by atoms with Gasteiger partial charge in [0.15, 0.2) is 0 Å². The molecule has 12 heavy (non-hydrogen) atoms. The minimum Gasteiger partial charge on any atom is -0.493 e. The molecule has 0 aliphatic heterocycles. The topological polar surface area (TPSA) is 59.4 Å². The van der Waals surface area contributed by atoms with Crippen molar-refractivity contribution in [2.75, 3.05) is 7.11 Å². The summed E-state index contributed by atoms with van der Waals surface area (Å²) in [5.41, 5.74) is -0.280. The Morgan fingerprint density at radius 1 is 1.75 bits per heavy atom. The van der Waals surface area contributed by atoms with E-state index >= 15 is 0 Å². The van der Waals surface area contributed by atoms with Crippen molar-refractivity contribution in [2.45, 2.75) is 0 Å². The van der Waals surface area contributed by atoms with Crippen LogP contribution in [0.1, 0.15) is 10.4 Å². The van der Waals surface area contributed by atoms with E-state index < -0.39 is 17.7 Å². The van der Waals surface area contributed by atoms with Crippen LogP contribution in [-0.4, -0.2) is 23.2 Å². The average molecular weight is 171 g/mol. The molecular formula is C7H6FNO3. The molecule has 0 amide bonds. The molecule has 0 fully saturated rings. The van der Waals surface area contributed by atoms with Gasteiger partial charge < -0.3 is 9.84 Å². The van der Waals surface area contributed by atoms with Crippen LogP contribution in [0.15, 0.2) is 12.3 Å². The highest BCUT2D eigenvalue weighted by Crippen LogP contribution is 2.14. The summed E-state index contributed by atoms with van der Waals surface area (Å²) in [6, 6.07) is 0.855. The van der Waals surface area contributed by atoms with Gasteiger partial charge in [-0.3, -0.25) is 0 Å². The molecule has 0 unspecified atom stereocenters. The zero-order chi connectivity index (χ0) is 9.14. The molecule has 0 radical (unpaired) electrons. The first-order chi connectivity index (χ1) is 5.65. The minimum absolute atomic E-state index is 0.280. The van der Waals surface area contributed by atoms with Gasteiger partial charge in [0, 0.05) is 0 Å². The highest BCUT2D eigenvalue weighted by Gasteiger charge is 2.13. The quantitative estimate of drug-likeness (QED) is 0.632. The number of aromatic nitrogens is 1. The monoisotopic (exact) mass is 171 g/mol. The first-order valence-corrected chi connectivity index (χ1v) is 3.08. The van der Waals surface area contributed by atoms with Crippen LogP contribution in [0.3, 0.4) is 0 Å². The van der Waals surface area contributed by atoms with Crippen LogP contribution in [0, 0.1) is 5.82 Å². The Hall–Kier alpha value is -1.65. The average Bonchev–Trinajstić information content (AvgIpc) is 2.08. The lowest BCUT2D eigenvalue weighted by Crippen LogP contribution is -2.03. The molecule has 1 aromatic rings. The molecule has 0 saturated carbocycles. The van der Waals surface area contributed by atoms with E-state index in [9.17, 15) is 9.18 Å². The smallest absolute Gasteiger partial charge is 0.343 e. The van der Waals surface area contributed by atoms with Crippen molar-refractivity contribution in [3.63, 3.8) is 0 Å². The van der Waals surface area contributed by atoms with Gasteiger partial charge in [0.05, 0.1) is 13.3 Å². The standard InChI is InChI=1S/C7H6FNO3/c1-12-7(11)5-2-4(8)3-9-6(5)10/h2-3H,1H3,(H,9,10). The van der Waals surface area contributed by atoms with Crippen molar-refractivity contribution in [2.24, 2.45) is 0 Å². The van der Waals surface area contributed by atoms with Gasteiger partial charge in [0.2, 0.25) is 5.88 Å². The van der Waals surface area contributed by atoms with E-state index in [1.165, 1.54) is 0 Å². The van der Waals surface area contributed by atoms with Crippen LogP contribution in [0.25, 0.3) is 0 Å². The molecule has 0 aliphatic carbocycles. The maximum absolute atomic E-state index is 12.5. The lowest BCUT2D eigenvalue weighted by atomic mass is 10.3. The summed E-state index contributed by atoms with van der Waals surface area (Å²) in [4.78, 5) is 14.0. The summed E-state index contributed by atoms with van der Waals surface area (Å²) < 4.78 is 16.7. The lowest BCUT2D eigenvalue weighted by Gasteiger charge is -1.99. The molecule has 0 aromatic carbocycles. The molecule has 1 heterocycles. The number of methoxy groups -OCH3 is 1. The van der Waals surface area contributed by atoms with E-state index in [2.05, 4.69) is 9.72 Å². The van der Waals surface area contributed by atoms with E-state index in [-0.39, 0.29) is 5.56 Å². The fraction of sp³-hybridized carbons (Fsp3) is 0.143. The molecule has 1 rings (SSSR count). The summed E-state index contributed by atoms with van der Waals surface area (Å²) in [7, 11) is 1.13. The van der Waals surface area contributed by atoms with E-state index in [4.69, 9.17) is 5.11 Å². The van der Waals surface area contributed by atoms with Gasteiger partial charge in [0.1, 0.15) is 11.4 Å². The highest BCUT2D eigenvalue weighted by molar-refractivity contribution is 5.91. The third kappa shape index (κ3) is 1.50. The summed E-state index contributed by atoms with van der Waals surface area (Å²) in [6.45, 7) is 0. The van der Waals surface area contributed by atoms with Crippen molar-refractivity contribution in [3.8, 4) is 5.88 Å². The third-order valence-electron chi connectivity index (χ3n) is 1.24. The van der Waals surface area contributed by atoms with Gasteiger partial charge in [-0.05, 0) is 6.07 Å². The van der Waals surface area contributed by atoms with E-state index in [1.807, 2.05) is 0 Å². The predicted molar refractivity (Wildman–Crippen MR) is 37.2 cm³/mol. The Morgan fingerprint density at radius 3 is 3.00 bits per heavy atom. The number of carbonyl (C=O) groups is 1. The Bertz CT molecular complexity index is 314. The summed E-state index contributed by atoms with van der Waals surface area (Å²) in [5.74, 6) is -2.06. The SMILES string of the molecule is COC(=O)c1cc(F)cnc1O. The van der Waals surface area contributed by atoms with Gasteiger partial charge >= 0.3 is 5.97 Å². The van der Waals surface area contributed by atoms with Crippen LogP contribution in [0.4, 0.5) is 4.39 Å². The van der Waals surface area contributed by atoms with Gasteiger partial charge in [0.25, 0.3) is 0 Å². The molecule has 64 valence electrons. The third-order valence-corrected chi connectivity index (χ3v) is 1.24. The molecule has 0 saturated heterocycles. The Labute approximate surface area is 67.6 Å². The number of nitrogens with zero attached hydrogens (tertiary/aromatic N) is 1. The number of pyridine rings is 1. The molecule has 0 aliphatic rings. The lowest BCUT2D eigenvalue weighted by molar-refractivity contribution is 0.0596. The van der Waals surface area contributed by atoms with E-state index in [0.29, 0.717) is 0 Å². The summed E-state index contributed by atoms with van der Waals surface area (Å²) >= 11 is 0. The molecule has 1 N–H and O–H groups in total. The van der Waals surface area contributed by atoms with Gasteiger partial charge in [-0.1, -0.05) is 0 Å². The minimum atomic E-state index is -0.820. The number of halogens is 1. The largest absolute Gasteiger partial charge is 0.493 e. The van der Waals surface area contributed by atoms with Crippen molar-refractivity contribution >= 4 is 5.97 Å². The van der Waals surface area contributed by atoms with Crippen molar-refractivity contribution in [1.82, 2.24) is 4.98 Å². The number of ether oxygens (including phenoxy) is 1. The number of carbonyl (C=O) groups excluding carboxylic acids is 1. The maximum Gasteiger partial charge on any atom is 0.343 e. The number of aromatic hydroxyl groups is 1. The highest BCUT2D eigenvalue weighted by atomic mass is 19.1. The number of rotatable bonds is 1. The fourth-order valence-electron chi connectivity index (χ4n) is 0.692. The molecular weight excluding hydrogens is 165 g/mol. The molecule has 1 aromatic heterocycles.